The lowest BCUT2D eigenvalue weighted by Crippen LogP contribution is -2.34. The number of hydrogen-bond donors (Lipinski definition) is 1. The summed E-state index contributed by atoms with van der Waals surface area (Å²) in [6.45, 7) is -0.679. The SMILES string of the molecule is Cc1nn(C(F)F)cc1-c1cccc(C(=O)NCC(c2ccco2)N(C)C)c1. The van der Waals surface area contributed by atoms with E-state index < -0.39 is 6.55 Å². The number of nitrogens with one attached hydrogen (secondary N) is 1. The van der Waals surface area contributed by atoms with Crippen molar-refractivity contribution in [2.75, 3.05) is 20.6 Å². The van der Waals surface area contributed by atoms with Gasteiger partial charge in [0.25, 0.3) is 5.91 Å². The number of alkyl halides is 2. The third-order valence-electron chi connectivity index (χ3n) is 4.50. The average molecular weight is 388 g/mol. The highest BCUT2D eigenvalue weighted by atomic mass is 19.3. The van der Waals surface area contributed by atoms with E-state index in [2.05, 4.69) is 10.4 Å². The molecule has 0 fully saturated rings. The van der Waals surface area contributed by atoms with E-state index in [0.29, 0.717) is 33.6 Å². The molecule has 0 bridgehead atoms. The molecule has 1 aromatic carbocycles. The third kappa shape index (κ3) is 4.28. The van der Waals surface area contributed by atoms with Gasteiger partial charge in [0.1, 0.15) is 5.76 Å². The summed E-state index contributed by atoms with van der Waals surface area (Å²) in [7, 11) is 3.81. The maximum atomic E-state index is 12.9. The van der Waals surface area contributed by atoms with Crippen molar-refractivity contribution in [2.24, 2.45) is 0 Å². The number of carbonyl (C=O) groups is 1. The summed E-state index contributed by atoms with van der Waals surface area (Å²) in [6.07, 6.45) is 2.88. The molecule has 2 heterocycles. The first-order valence-corrected chi connectivity index (χ1v) is 8.79. The van der Waals surface area contributed by atoms with Crippen molar-refractivity contribution in [1.82, 2.24) is 20.0 Å². The van der Waals surface area contributed by atoms with Gasteiger partial charge in [-0.25, -0.2) is 4.68 Å². The van der Waals surface area contributed by atoms with Crippen molar-refractivity contribution in [1.29, 1.82) is 0 Å². The summed E-state index contributed by atoms with van der Waals surface area (Å²) in [6, 6.07) is 10.4. The molecule has 0 aliphatic heterocycles. The molecule has 0 spiro atoms. The van der Waals surface area contributed by atoms with Gasteiger partial charge in [-0.05, 0) is 50.8 Å². The molecular formula is C20H22F2N4O2. The van der Waals surface area contributed by atoms with E-state index in [1.807, 2.05) is 25.1 Å². The number of amides is 1. The van der Waals surface area contributed by atoms with E-state index >= 15 is 0 Å². The Morgan fingerprint density at radius 3 is 2.68 bits per heavy atom. The summed E-state index contributed by atoms with van der Waals surface area (Å²) >= 11 is 0. The molecule has 28 heavy (non-hydrogen) atoms. The number of rotatable bonds is 7. The van der Waals surface area contributed by atoms with Crippen LogP contribution in [0.15, 0.2) is 53.3 Å². The van der Waals surface area contributed by atoms with Crippen molar-refractivity contribution in [3.63, 3.8) is 0 Å². The summed E-state index contributed by atoms with van der Waals surface area (Å²) < 4.78 is 31.8. The zero-order valence-corrected chi connectivity index (χ0v) is 15.9. The number of hydrogen-bond acceptors (Lipinski definition) is 4. The fourth-order valence-electron chi connectivity index (χ4n) is 3.00. The van der Waals surface area contributed by atoms with Crippen LogP contribution in [0.5, 0.6) is 0 Å². The van der Waals surface area contributed by atoms with Gasteiger partial charge < -0.3 is 9.73 Å². The Bertz CT molecular complexity index is 936. The number of nitrogens with zero attached hydrogens (tertiary/aromatic N) is 3. The van der Waals surface area contributed by atoms with Crippen LogP contribution in [0.4, 0.5) is 8.78 Å². The van der Waals surface area contributed by atoms with E-state index in [0.717, 1.165) is 5.76 Å². The molecule has 0 aliphatic carbocycles. The fourth-order valence-corrected chi connectivity index (χ4v) is 3.00. The Morgan fingerprint density at radius 2 is 2.07 bits per heavy atom. The maximum Gasteiger partial charge on any atom is 0.333 e. The standard InChI is InChI=1S/C20H22F2N4O2/c1-13-16(12-26(24-13)20(21)22)14-6-4-7-15(10-14)19(27)23-11-17(25(2)3)18-8-5-9-28-18/h4-10,12,17,20H,11H2,1-3H3,(H,23,27). The highest BCUT2D eigenvalue weighted by molar-refractivity contribution is 5.95. The zero-order valence-electron chi connectivity index (χ0n) is 15.9. The Labute approximate surface area is 161 Å². The monoisotopic (exact) mass is 388 g/mol. The molecule has 1 atom stereocenters. The van der Waals surface area contributed by atoms with Gasteiger partial charge in [-0.3, -0.25) is 9.69 Å². The number of aromatic nitrogens is 2. The Hall–Kier alpha value is -3.00. The minimum Gasteiger partial charge on any atom is -0.468 e. The largest absolute Gasteiger partial charge is 0.468 e. The predicted octanol–water partition coefficient (Wildman–Crippen LogP) is 3.88. The lowest BCUT2D eigenvalue weighted by atomic mass is 10.0. The number of carbonyl (C=O) groups excluding carboxylic acids is 1. The lowest BCUT2D eigenvalue weighted by Gasteiger charge is -2.22. The van der Waals surface area contributed by atoms with Crippen LogP contribution in [0.1, 0.15) is 34.4 Å². The van der Waals surface area contributed by atoms with Gasteiger partial charge in [0.15, 0.2) is 0 Å². The predicted molar refractivity (Wildman–Crippen MR) is 101 cm³/mol. The van der Waals surface area contributed by atoms with Crippen LogP contribution in [-0.4, -0.2) is 41.2 Å². The molecule has 8 heteroatoms. The molecule has 6 nitrogen and oxygen atoms in total. The zero-order chi connectivity index (χ0) is 20.3. The highest BCUT2D eigenvalue weighted by Gasteiger charge is 2.19. The molecule has 0 radical (unpaired) electrons. The van der Waals surface area contributed by atoms with Gasteiger partial charge in [-0.15, -0.1) is 0 Å². The van der Waals surface area contributed by atoms with E-state index in [1.54, 1.807) is 43.5 Å². The van der Waals surface area contributed by atoms with Crippen LogP contribution < -0.4 is 5.32 Å². The van der Waals surface area contributed by atoms with Crippen LogP contribution in [-0.2, 0) is 0 Å². The molecule has 148 valence electrons. The Morgan fingerprint density at radius 1 is 1.29 bits per heavy atom. The molecule has 3 aromatic rings. The number of furan rings is 1. The van der Waals surface area contributed by atoms with E-state index in [4.69, 9.17) is 4.42 Å². The minimum atomic E-state index is -2.71. The number of aryl methyl sites for hydroxylation is 1. The van der Waals surface area contributed by atoms with Crippen LogP contribution >= 0.6 is 0 Å². The number of likely N-dealkylation sites (N-methyl/N-ethyl adjacent to an activating group) is 1. The van der Waals surface area contributed by atoms with Gasteiger partial charge >= 0.3 is 6.55 Å². The first-order chi connectivity index (χ1) is 13.4. The van der Waals surface area contributed by atoms with Crippen molar-refractivity contribution in [3.05, 3.63) is 65.9 Å². The Balaban J connectivity index is 1.75. The average Bonchev–Trinajstić information content (AvgIpc) is 3.31. The van der Waals surface area contributed by atoms with Crippen molar-refractivity contribution in [2.45, 2.75) is 19.5 Å². The highest BCUT2D eigenvalue weighted by Crippen LogP contribution is 2.25. The third-order valence-corrected chi connectivity index (χ3v) is 4.50. The van der Waals surface area contributed by atoms with Crippen LogP contribution in [0.3, 0.4) is 0 Å². The second-order valence-electron chi connectivity index (χ2n) is 6.67. The van der Waals surface area contributed by atoms with Gasteiger partial charge in [0.2, 0.25) is 0 Å². The van der Waals surface area contributed by atoms with Crippen LogP contribution in [0, 0.1) is 6.92 Å². The van der Waals surface area contributed by atoms with Crippen molar-refractivity contribution >= 4 is 5.91 Å². The summed E-state index contributed by atoms with van der Waals surface area (Å²) in [5, 5.41) is 6.72. The fraction of sp³-hybridized carbons (Fsp3) is 0.300. The summed E-state index contributed by atoms with van der Waals surface area (Å²) in [5.74, 6) is 0.508. The van der Waals surface area contributed by atoms with E-state index in [-0.39, 0.29) is 11.9 Å². The first-order valence-electron chi connectivity index (χ1n) is 8.79. The quantitative estimate of drug-likeness (QED) is 0.667. The molecule has 2 aromatic heterocycles. The van der Waals surface area contributed by atoms with Gasteiger partial charge in [-0.2, -0.15) is 13.9 Å². The Kier molecular flexibility index (Phi) is 5.89. The van der Waals surface area contributed by atoms with Crippen LogP contribution in [0.2, 0.25) is 0 Å². The maximum absolute atomic E-state index is 12.9. The topological polar surface area (TPSA) is 63.3 Å². The molecule has 3 rings (SSSR count). The molecule has 0 aliphatic rings. The number of halogens is 2. The minimum absolute atomic E-state index is 0.103. The van der Waals surface area contributed by atoms with Crippen LogP contribution in [0.25, 0.3) is 11.1 Å². The smallest absolute Gasteiger partial charge is 0.333 e. The summed E-state index contributed by atoms with van der Waals surface area (Å²) in [4.78, 5) is 14.6. The van der Waals surface area contributed by atoms with Crippen molar-refractivity contribution in [3.8, 4) is 11.1 Å². The second-order valence-corrected chi connectivity index (χ2v) is 6.67. The molecular weight excluding hydrogens is 366 g/mol. The van der Waals surface area contributed by atoms with E-state index in [1.165, 1.54) is 6.20 Å². The first kappa shape index (κ1) is 19.8. The van der Waals surface area contributed by atoms with Crippen molar-refractivity contribution < 1.29 is 18.0 Å². The molecule has 1 unspecified atom stereocenters. The number of benzene rings is 1. The van der Waals surface area contributed by atoms with E-state index in [9.17, 15) is 13.6 Å². The van der Waals surface area contributed by atoms with Gasteiger partial charge in [-0.1, -0.05) is 12.1 Å². The van der Waals surface area contributed by atoms with Gasteiger partial charge in [0.05, 0.1) is 18.0 Å². The molecule has 0 saturated heterocycles. The second kappa shape index (κ2) is 8.35. The lowest BCUT2D eigenvalue weighted by molar-refractivity contribution is 0.0563. The molecule has 1 N–H and O–H groups in total. The molecule has 0 saturated carbocycles. The normalized spacial score (nSPS) is 12.5. The molecule has 1 amide bonds. The summed E-state index contributed by atoms with van der Waals surface area (Å²) in [5.41, 5.74) is 2.14. The van der Waals surface area contributed by atoms with Gasteiger partial charge in [0, 0.05) is 23.9 Å².